The lowest BCUT2D eigenvalue weighted by Gasteiger charge is -2.34. The van der Waals surface area contributed by atoms with Crippen molar-refractivity contribution in [1.29, 1.82) is 0 Å². The molecule has 0 unspecified atom stereocenters. The van der Waals surface area contributed by atoms with Crippen LogP contribution in [0.15, 0.2) is 168 Å². The van der Waals surface area contributed by atoms with Crippen LogP contribution in [0.5, 0.6) is 0 Å². The number of likely N-dealkylation sites (tertiary alicyclic amines) is 1. The summed E-state index contributed by atoms with van der Waals surface area (Å²) < 4.78 is 29.7. The van der Waals surface area contributed by atoms with E-state index in [0.29, 0.717) is 88.6 Å². The van der Waals surface area contributed by atoms with Crippen molar-refractivity contribution in [3.05, 3.63) is 203 Å². The zero-order valence-electron chi connectivity index (χ0n) is 98.8. The first kappa shape index (κ1) is 128. The lowest BCUT2D eigenvalue weighted by Crippen LogP contribution is -2.48. The number of anilines is 4. The molecule has 1 amide bonds. The third-order valence-electron chi connectivity index (χ3n) is 28.3. The van der Waals surface area contributed by atoms with E-state index in [1.165, 1.54) is 166 Å². The molecule has 1 saturated carbocycles. The van der Waals surface area contributed by atoms with Crippen LogP contribution in [0.4, 0.5) is 23.1 Å². The van der Waals surface area contributed by atoms with E-state index >= 15 is 0 Å². The molecule has 0 spiro atoms. The standard InChI is InChI=1S/C15H24N2.2C14H22N2.C13H20N2.C13H23NO2.C13H18O2.C13H18O.C12H19NO.C12H17N.C8H17NO3S/c1-15(2,3)13-5-7-14(8-6-13)17-11-9-16(4)10-12-17;2*1-14(2,3)12-7-8-13(15-11-12)16-9-5-4-6-10-16;1-13(2,3)11-6-7-12(14-10-11)15-8-4-5-9-15;1-13(2,3)11(15)7-4-5-9-14-10-6-8-12(14)16;1-13(2,3)12(15)9-8-10-6-4-5-7-11(10)14;1-13(2,3)12(14)10-9-11-7-5-4-6-8-11;1-12(2,3)11(14)8-4-6-10-7-5-9-13-10;1-12(2,3)10-6-7-11(13-8-10)9-4-5-9;1-8(2,3)13(10,11)9-4-6-12-7-5-9/h5-8H,9-12H2,1-4H3;2*7-8,11H,4-6,9-10H2,1-3H3;6-7,10H,4-5,8-9H2,1-3H3;4-10H2,1-3H3;4-6H,7-9H2,1-3H3;4-8H,9-10H2,1-3H3;7,9H,4-6,8H2,1-3H3;6-9H,4-5H2,1-3H3;4-7H2,1-3H3. The fraction of sp³-hybridized carbons (Fsp3) is 0.646. The Balaban J connectivity index is 0.000000253. The van der Waals surface area contributed by atoms with Gasteiger partial charge >= 0.3 is 0 Å². The number of carbonyl (C=O) groups excluding carboxylic acids is 6. The van der Waals surface area contributed by atoms with Gasteiger partial charge in [-0.1, -0.05) is 278 Å². The van der Waals surface area contributed by atoms with E-state index in [1.54, 1.807) is 20.8 Å². The molecule has 7 aliphatic heterocycles. The van der Waals surface area contributed by atoms with Crippen LogP contribution in [-0.4, -0.2) is 200 Å². The van der Waals surface area contributed by atoms with Crippen LogP contribution in [0.3, 0.4) is 0 Å². The summed E-state index contributed by atoms with van der Waals surface area (Å²) in [6.45, 7) is 77.4. The third kappa shape index (κ3) is 47.9. The van der Waals surface area contributed by atoms with Crippen LogP contribution in [-0.2, 0) is 77.0 Å². The Morgan fingerprint density at radius 1 is 0.396 bits per heavy atom. The first-order chi connectivity index (χ1) is 69.4. The predicted octanol–water partition coefficient (Wildman–Crippen LogP) is 27.8. The van der Waals surface area contributed by atoms with Crippen molar-refractivity contribution >= 4 is 74.2 Å². The van der Waals surface area contributed by atoms with Crippen LogP contribution in [0.2, 0.25) is 0 Å². The van der Waals surface area contributed by atoms with Gasteiger partial charge in [0.05, 0.1) is 18.0 Å². The monoisotopic (exact) mass is 2070 g/mol. The number of amides is 1. The van der Waals surface area contributed by atoms with Gasteiger partial charge in [-0.15, -0.1) is 0 Å². The number of rotatable bonds is 21. The summed E-state index contributed by atoms with van der Waals surface area (Å²) in [6, 6.07) is 36.8. The minimum Gasteiger partial charge on any atom is -0.379 e. The van der Waals surface area contributed by atoms with E-state index in [4.69, 9.17) is 4.74 Å². The van der Waals surface area contributed by atoms with Gasteiger partial charge in [0.1, 0.15) is 40.6 Å². The number of aromatic nitrogens is 4. The summed E-state index contributed by atoms with van der Waals surface area (Å²) >= 11 is 0. The van der Waals surface area contributed by atoms with Crippen molar-refractivity contribution in [3.63, 3.8) is 0 Å². The molecule has 6 saturated heterocycles. The molecule has 6 aromatic rings. The molecule has 21 nitrogen and oxygen atoms in total. The van der Waals surface area contributed by atoms with E-state index < -0.39 is 14.8 Å². The first-order valence-corrected chi connectivity index (χ1v) is 57.6. The molecule has 0 atom stereocenters. The van der Waals surface area contributed by atoms with Gasteiger partial charge in [0.15, 0.2) is 5.78 Å². The zero-order chi connectivity index (χ0) is 111. The number of likely N-dealkylation sites (N-methyl/N-ethyl adjacent to an activating group) is 1. The number of hydrogen-bond donors (Lipinski definition) is 0. The Kier molecular flexibility index (Phi) is 51.6. The fourth-order valence-electron chi connectivity index (χ4n) is 17.1. The van der Waals surface area contributed by atoms with E-state index in [9.17, 15) is 37.2 Å². The van der Waals surface area contributed by atoms with Gasteiger partial charge in [-0.25, -0.2) is 23.4 Å². The minimum absolute atomic E-state index is 0.152. The highest BCUT2D eigenvalue weighted by atomic mass is 32.2. The number of hydrogen-bond acceptors (Lipinski definition) is 19. The van der Waals surface area contributed by atoms with Gasteiger partial charge in [-0.3, -0.25) is 38.7 Å². The number of piperazine rings is 1. The summed E-state index contributed by atoms with van der Waals surface area (Å²) in [5, 5.41) is 0. The number of Topliss-reactive ketones (excluding diaryl/α,β-unsaturated/α-hetero) is 5. The van der Waals surface area contributed by atoms with E-state index in [2.05, 4.69) is 251 Å². The first-order valence-electron chi connectivity index (χ1n) is 56.2. The molecular weight excluding hydrogens is 1870 g/mol. The average molecular weight is 2070 g/mol. The summed E-state index contributed by atoms with van der Waals surface area (Å²) in [6.07, 6.45) is 41.7. The molecule has 7 fully saturated rings. The maximum absolute atomic E-state index is 11.9. The van der Waals surface area contributed by atoms with Crippen LogP contribution < -0.4 is 19.6 Å². The van der Waals surface area contributed by atoms with Crippen LogP contribution in [0, 0.1) is 21.7 Å². The molecule has 2 aliphatic carbocycles. The van der Waals surface area contributed by atoms with Crippen LogP contribution >= 0.6 is 0 Å². The molecule has 149 heavy (non-hydrogen) atoms. The number of benzene rings is 2. The number of carbonyl (C=O) groups is 6. The Labute approximate surface area is 904 Å². The highest BCUT2D eigenvalue weighted by Gasteiger charge is 2.37. The number of ether oxygens (including phenoxy) is 1. The molecule has 9 aliphatic rings. The number of aliphatic imine (C=N–C) groups is 1. The van der Waals surface area contributed by atoms with E-state index in [0.717, 1.165) is 106 Å². The maximum Gasteiger partial charge on any atom is 0.222 e. The molecular formula is C127H200N12O9S. The Morgan fingerprint density at radius 2 is 0.799 bits per heavy atom. The summed E-state index contributed by atoms with van der Waals surface area (Å²) in [7, 11) is -0.952. The van der Waals surface area contributed by atoms with E-state index in [1.807, 2.05) is 155 Å². The molecule has 4 aromatic heterocycles. The predicted molar refractivity (Wildman–Crippen MR) is 627 cm³/mol. The second kappa shape index (κ2) is 59.9. The molecule has 15 rings (SSSR count). The van der Waals surface area contributed by atoms with Crippen molar-refractivity contribution in [1.82, 2.24) is 34.0 Å². The summed E-state index contributed by atoms with van der Waals surface area (Å²) in [5.41, 5.74) is 12.7. The van der Waals surface area contributed by atoms with Crippen LogP contribution in [0.25, 0.3) is 0 Å². The fourth-order valence-corrected chi connectivity index (χ4v) is 18.5. The molecule has 0 N–H and O–H groups in total. The second-order valence-corrected chi connectivity index (χ2v) is 54.6. The topological polar surface area (TPSA) is 232 Å². The molecule has 22 heteroatoms. The Bertz CT molecular complexity index is 5160. The van der Waals surface area contributed by atoms with Gasteiger partial charge in [-0.05, 0) is 239 Å². The lowest BCUT2D eigenvalue weighted by atomic mass is 9.86. The Hall–Kier alpha value is -9.22. The van der Waals surface area contributed by atoms with Crippen molar-refractivity contribution in [3.8, 4) is 0 Å². The molecule has 828 valence electrons. The summed E-state index contributed by atoms with van der Waals surface area (Å²) in [4.78, 5) is 106. The van der Waals surface area contributed by atoms with Crippen molar-refractivity contribution in [2.45, 2.75) is 400 Å². The number of aryl methyl sites for hydroxylation is 1. The zero-order valence-corrected chi connectivity index (χ0v) is 99.6. The number of morpholine rings is 1. The normalized spacial score (nSPS) is 17.1. The average Bonchev–Trinajstić information content (AvgIpc) is 1.57. The van der Waals surface area contributed by atoms with Gasteiger partial charge < -0.3 is 34.1 Å². The number of allylic oxidation sites excluding steroid dienone is 6. The molecule has 0 radical (unpaired) electrons. The number of piperidine rings is 2. The van der Waals surface area contributed by atoms with E-state index in [-0.39, 0.29) is 66.2 Å². The summed E-state index contributed by atoms with van der Waals surface area (Å²) in [5.74, 6) is 5.85. The van der Waals surface area contributed by atoms with Crippen molar-refractivity contribution in [2.24, 2.45) is 26.7 Å². The number of nitrogens with zero attached hydrogens (tertiary/aromatic N) is 12. The van der Waals surface area contributed by atoms with Crippen molar-refractivity contribution in [2.75, 3.05) is 131 Å². The Morgan fingerprint density at radius 3 is 1.16 bits per heavy atom. The highest BCUT2D eigenvalue weighted by molar-refractivity contribution is 7.90. The quantitative estimate of drug-likeness (QED) is 0.0609. The number of pyridine rings is 4. The smallest absolute Gasteiger partial charge is 0.222 e. The molecule has 0 bridgehead atoms. The van der Waals surface area contributed by atoms with Gasteiger partial charge in [0, 0.05) is 212 Å². The van der Waals surface area contributed by atoms with Gasteiger partial charge in [-0.2, -0.15) is 4.31 Å². The minimum atomic E-state index is -3.15. The largest absolute Gasteiger partial charge is 0.379 e. The SMILES string of the molecule is CC(C)(C)C(=O)CCC1=CC=CCC1=O.CC(C)(C)C(=O)CCCC1=CCC=N1.CC(C)(C)C(=O)CCCCN1CCCC1=O.CC(C)(C)C(=O)CCc1ccccc1.CC(C)(C)S(=O)(=O)N1CCOCC1.CC(C)(C)c1ccc(C2CC2)nc1.CC(C)(C)c1ccc(N2CCCC2)nc1.CC(C)(C)c1ccc(N2CCCCC2)nc1.CC(C)(C)c1ccc(N2CCCCC2)nc1.CN1CCN(c2ccc(C(C)(C)C)cc2)CC1. The highest BCUT2D eigenvalue weighted by Crippen LogP contribution is 2.40. The van der Waals surface area contributed by atoms with Gasteiger partial charge in [0.2, 0.25) is 15.9 Å². The number of ketones is 5. The third-order valence-corrected chi connectivity index (χ3v) is 30.9. The lowest BCUT2D eigenvalue weighted by molar-refractivity contribution is -0.128. The maximum atomic E-state index is 11.9. The van der Waals surface area contributed by atoms with Gasteiger partial charge in [0.25, 0.3) is 0 Å². The second-order valence-electron chi connectivity index (χ2n) is 51.9. The van der Waals surface area contributed by atoms with Crippen LogP contribution in [0.1, 0.15) is 400 Å². The number of sulfonamides is 1. The molecule has 2 aromatic carbocycles. The number of unbranched alkanes of at least 4 members (excludes halogenated alkanes) is 1. The van der Waals surface area contributed by atoms with Crippen molar-refractivity contribution < 1.29 is 41.9 Å². The molecule has 11 heterocycles.